The van der Waals surface area contributed by atoms with Gasteiger partial charge in [-0.05, 0) is 0 Å². The summed E-state index contributed by atoms with van der Waals surface area (Å²) < 4.78 is 2.80. The molecule has 0 aliphatic rings. The molecule has 0 spiro atoms. The minimum atomic E-state index is -2.25. The molecule has 4 nitrogen and oxygen atoms in total. The molecular formula is C16H23GeN3O. The van der Waals surface area contributed by atoms with Crippen molar-refractivity contribution in [2.24, 2.45) is 0 Å². The fraction of sp³-hybridized carbons (Fsp3) is 0.438. The van der Waals surface area contributed by atoms with E-state index in [0.29, 0.717) is 12.2 Å². The van der Waals surface area contributed by atoms with E-state index >= 15 is 0 Å². The number of hydrogen-bond acceptors (Lipinski definition) is 3. The second kappa shape index (κ2) is 7.03. The zero-order valence-corrected chi connectivity index (χ0v) is 15.1. The molecule has 5 heteroatoms. The standard InChI is InChI=1S/C16H23GeN3O/c1-4-17(5-2,6-3)16-15(13-21)20(19-18-16)12-14-10-8-7-9-11-14/h7-11,13H,4-6,12H2,1-3H3. The number of carbonyl (C=O) groups excluding carboxylic acids is 1. The molecule has 0 bridgehead atoms. The molecule has 0 saturated heterocycles. The van der Waals surface area contributed by atoms with Gasteiger partial charge in [-0.2, -0.15) is 0 Å². The van der Waals surface area contributed by atoms with Crippen molar-refractivity contribution in [3.05, 3.63) is 41.6 Å². The first-order valence-electron chi connectivity index (χ1n) is 7.63. The minimum absolute atomic E-state index is 0.609. The summed E-state index contributed by atoms with van der Waals surface area (Å²) in [6.07, 6.45) is 0.944. The molecule has 0 saturated carbocycles. The summed E-state index contributed by atoms with van der Waals surface area (Å²) >= 11 is -2.25. The number of benzene rings is 1. The van der Waals surface area contributed by atoms with Gasteiger partial charge in [0.1, 0.15) is 0 Å². The van der Waals surface area contributed by atoms with Crippen LogP contribution in [-0.2, 0) is 6.54 Å². The second-order valence-electron chi connectivity index (χ2n) is 5.43. The average molecular weight is 346 g/mol. The van der Waals surface area contributed by atoms with Gasteiger partial charge in [-0.15, -0.1) is 0 Å². The van der Waals surface area contributed by atoms with Crippen LogP contribution in [0.3, 0.4) is 0 Å². The number of aromatic nitrogens is 3. The summed E-state index contributed by atoms with van der Waals surface area (Å²) in [5.74, 6) is 0. The van der Waals surface area contributed by atoms with Gasteiger partial charge < -0.3 is 0 Å². The fourth-order valence-electron chi connectivity index (χ4n) is 2.94. The summed E-state index contributed by atoms with van der Waals surface area (Å²) in [6, 6.07) is 10.1. The van der Waals surface area contributed by atoms with Gasteiger partial charge in [0.15, 0.2) is 0 Å². The fourth-order valence-corrected chi connectivity index (χ4v) is 10.3. The van der Waals surface area contributed by atoms with Crippen LogP contribution in [0.1, 0.15) is 36.8 Å². The van der Waals surface area contributed by atoms with Crippen molar-refractivity contribution >= 4 is 24.1 Å². The molecule has 0 atom stereocenters. The Morgan fingerprint density at radius 3 is 2.24 bits per heavy atom. The van der Waals surface area contributed by atoms with Gasteiger partial charge in [-0.25, -0.2) is 0 Å². The van der Waals surface area contributed by atoms with Crippen molar-refractivity contribution in [3.8, 4) is 0 Å². The molecule has 0 amide bonds. The molecule has 0 N–H and O–H groups in total. The second-order valence-corrected chi connectivity index (χ2v) is 16.2. The number of nitrogens with zero attached hydrogens (tertiary/aromatic N) is 3. The van der Waals surface area contributed by atoms with E-state index in [4.69, 9.17) is 0 Å². The van der Waals surface area contributed by atoms with Crippen LogP contribution in [0, 0.1) is 0 Å². The van der Waals surface area contributed by atoms with Crippen LogP contribution in [0.25, 0.3) is 0 Å². The third-order valence-corrected chi connectivity index (χ3v) is 16.0. The van der Waals surface area contributed by atoms with Gasteiger partial charge in [-0.1, -0.05) is 0 Å². The quantitative estimate of drug-likeness (QED) is 0.572. The molecule has 2 rings (SSSR count). The predicted molar refractivity (Wildman–Crippen MR) is 87.8 cm³/mol. The first-order chi connectivity index (χ1) is 10.2. The van der Waals surface area contributed by atoms with Crippen molar-refractivity contribution in [1.82, 2.24) is 15.0 Å². The van der Waals surface area contributed by atoms with E-state index in [1.807, 2.05) is 30.3 Å². The predicted octanol–water partition coefficient (Wildman–Crippen LogP) is 2.85. The molecule has 0 fully saturated rings. The zero-order chi connectivity index (χ0) is 15.3. The number of carbonyl (C=O) groups is 1. The summed E-state index contributed by atoms with van der Waals surface area (Å²) in [6.45, 7) is 7.31. The van der Waals surface area contributed by atoms with Crippen LogP contribution in [0.15, 0.2) is 30.3 Å². The van der Waals surface area contributed by atoms with E-state index in [1.54, 1.807) is 4.68 Å². The number of hydrogen-bond donors (Lipinski definition) is 0. The topological polar surface area (TPSA) is 47.8 Å². The van der Waals surface area contributed by atoms with Crippen molar-refractivity contribution in [1.29, 1.82) is 0 Å². The van der Waals surface area contributed by atoms with E-state index in [0.717, 1.165) is 32.1 Å². The van der Waals surface area contributed by atoms with E-state index in [1.165, 1.54) is 0 Å². The van der Waals surface area contributed by atoms with Gasteiger partial charge >= 0.3 is 129 Å². The zero-order valence-electron chi connectivity index (χ0n) is 13.0. The molecule has 2 aromatic rings. The van der Waals surface area contributed by atoms with Gasteiger partial charge in [0.05, 0.1) is 0 Å². The Balaban J connectivity index is 2.40. The Morgan fingerprint density at radius 1 is 1.10 bits per heavy atom. The summed E-state index contributed by atoms with van der Waals surface area (Å²) in [5.41, 5.74) is 1.84. The van der Waals surface area contributed by atoms with Crippen LogP contribution in [0.5, 0.6) is 0 Å². The van der Waals surface area contributed by atoms with Crippen LogP contribution in [-0.4, -0.2) is 34.5 Å². The molecule has 0 aliphatic carbocycles. The normalized spacial score (nSPS) is 11.6. The molecule has 1 aromatic heterocycles. The Bertz CT molecular complexity index is 583. The monoisotopic (exact) mass is 347 g/mol. The van der Waals surface area contributed by atoms with Gasteiger partial charge in [0.25, 0.3) is 0 Å². The van der Waals surface area contributed by atoms with Gasteiger partial charge in [0, 0.05) is 0 Å². The van der Waals surface area contributed by atoms with E-state index in [-0.39, 0.29) is 0 Å². The molecule has 0 radical (unpaired) electrons. The molecule has 0 unspecified atom stereocenters. The number of rotatable bonds is 7. The first-order valence-corrected chi connectivity index (χ1v) is 13.1. The van der Waals surface area contributed by atoms with Crippen LogP contribution >= 0.6 is 0 Å². The van der Waals surface area contributed by atoms with Gasteiger partial charge in [-0.3, -0.25) is 0 Å². The van der Waals surface area contributed by atoms with Crippen LogP contribution in [0.4, 0.5) is 0 Å². The summed E-state index contributed by atoms with van der Waals surface area (Å²) in [5, 5.41) is 12.2. The molecule has 0 aliphatic heterocycles. The molecular weight excluding hydrogens is 323 g/mol. The Labute approximate surface area is 128 Å². The Morgan fingerprint density at radius 2 is 1.71 bits per heavy atom. The Kier molecular flexibility index (Phi) is 5.34. The molecule has 1 heterocycles. The third kappa shape index (κ3) is 3.10. The molecule has 21 heavy (non-hydrogen) atoms. The number of aldehydes is 1. The van der Waals surface area contributed by atoms with E-state index in [9.17, 15) is 4.79 Å². The summed E-state index contributed by atoms with van der Waals surface area (Å²) in [4.78, 5) is 11.6. The summed E-state index contributed by atoms with van der Waals surface area (Å²) in [7, 11) is 0. The van der Waals surface area contributed by atoms with Crippen molar-refractivity contribution < 1.29 is 4.79 Å². The first kappa shape index (κ1) is 16.0. The van der Waals surface area contributed by atoms with Crippen LogP contribution in [0.2, 0.25) is 15.8 Å². The molecule has 1 aromatic carbocycles. The van der Waals surface area contributed by atoms with Crippen molar-refractivity contribution in [3.63, 3.8) is 0 Å². The van der Waals surface area contributed by atoms with Crippen LogP contribution < -0.4 is 4.53 Å². The van der Waals surface area contributed by atoms with E-state index < -0.39 is 13.3 Å². The SMILES string of the molecule is C[CH2][Ge]([CH2]C)([CH2]C)[c]1nnn(Cc2ccccc2)c1C=O. The maximum absolute atomic E-state index is 11.6. The van der Waals surface area contributed by atoms with Gasteiger partial charge in [0.2, 0.25) is 0 Å². The third-order valence-electron chi connectivity index (χ3n) is 4.59. The Hall–Kier alpha value is -1.43. The van der Waals surface area contributed by atoms with Crippen molar-refractivity contribution in [2.75, 3.05) is 0 Å². The average Bonchev–Trinajstić information content (AvgIpc) is 2.94. The van der Waals surface area contributed by atoms with Crippen molar-refractivity contribution in [2.45, 2.75) is 43.1 Å². The van der Waals surface area contributed by atoms with E-state index in [2.05, 4.69) is 31.1 Å². The maximum atomic E-state index is 11.6. The molecule has 112 valence electrons.